The third kappa shape index (κ3) is 3.45. The molecule has 26 heavy (non-hydrogen) atoms. The van der Waals surface area contributed by atoms with E-state index in [0.717, 1.165) is 34.0 Å². The van der Waals surface area contributed by atoms with Crippen molar-refractivity contribution in [2.45, 2.75) is 12.5 Å². The van der Waals surface area contributed by atoms with Gasteiger partial charge in [-0.3, -0.25) is 5.01 Å². The Balaban J connectivity index is 1.77. The van der Waals surface area contributed by atoms with E-state index >= 15 is 0 Å². The maximum Gasteiger partial charge on any atom is 0.0831 e. The van der Waals surface area contributed by atoms with Gasteiger partial charge in [0.25, 0.3) is 0 Å². The molecule has 5 heteroatoms. The maximum absolute atomic E-state index is 6.40. The summed E-state index contributed by atoms with van der Waals surface area (Å²) in [6.45, 7) is 0. The van der Waals surface area contributed by atoms with Crippen molar-refractivity contribution < 1.29 is 0 Å². The number of nitrogens with zero attached hydrogens (tertiary/aromatic N) is 2. The Morgan fingerprint density at radius 2 is 1.38 bits per heavy atom. The van der Waals surface area contributed by atoms with Gasteiger partial charge in [0.1, 0.15) is 0 Å². The molecule has 0 saturated heterocycles. The van der Waals surface area contributed by atoms with E-state index < -0.39 is 0 Å². The van der Waals surface area contributed by atoms with Gasteiger partial charge in [-0.2, -0.15) is 5.10 Å². The molecule has 1 aliphatic heterocycles. The molecule has 0 aliphatic carbocycles. The molecule has 3 aromatic carbocycles. The van der Waals surface area contributed by atoms with Gasteiger partial charge in [0.15, 0.2) is 0 Å². The topological polar surface area (TPSA) is 15.6 Å². The van der Waals surface area contributed by atoms with E-state index in [4.69, 9.17) is 39.9 Å². The fraction of sp³-hybridized carbons (Fsp3) is 0.0952. The predicted octanol–water partition coefficient (Wildman–Crippen LogP) is 7.00. The Bertz CT molecular complexity index is 950. The highest BCUT2D eigenvalue weighted by atomic mass is 35.5. The number of hydrogen-bond acceptors (Lipinski definition) is 2. The average Bonchev–Trinajstić information content (AvgIpc) is 3.08. The van der Waals surface area contributed by atoms with Gasteiger partial charge in [-0.1, -0.05) is 65.1 Å². The van der Waals surface area contributed by atoms with Crippen molar-refractivity contribution in [2.24, 2.45) is 5.10 Å². The van der Waals surface area contributed by atoms with Crippen molar-refractivity contribution >= 4 is 46.2 Å². The summed E-state index contributed by atoms with van der Waals surface area (Å²) in [6, 6.07) is 23.5. The van der Waals surface area contributed by atoms with E-state index in [-0.39, 0.29) is 6.04 Å². The molecule has 0 saturated carbocycles. The molecule has 1 aliphatic rings. The van der Waals surface area contributed by atoms with Gasteiger partial charge >= 0.3 is 0 Å². The SMILES string of the molecule is Clc1ccc(C2CC(c3ccccc3Cl)=NN2c2ccc(Cl)cc2)cc1. The van der Waals surface area contributed by atoms with E-state index in [1.807, 2.05) is 77.8 Å². The van der Waals surface area contributed by atoms with Crippen LogP contribution in [0.15, 0.2) is 77.9 Å². The Kier molecular flexibility index (Phi) is 4.90. The summed E-state index contributed by atoms with van der Waals surface area (Å²) < 4.78 is 0. The first-order chi connectivity index (χ1) is 12.6. The van der Waals surface area contributed by atoms with E-state index in [2.05, 4.69) is 0 Å². The second-order valence-electron chi connectivity index (χ2n) is 6.12. The molecule has 0 fully saturated rings. The second-order valence-corrected chi connectivity index (χ2v) is 7.40. The van der Waals surface area contributed by atoms with Gasteiger partial charge < -0.3 is 0 Å². The summed E-state index contributed by atoms with van der Waals surface area (Å²) >= 11 is 18.5. The van der Waals surface area contributed by atoms with E-state index in [1.165, 1.54) is 0 Å². The molecule has 1 atom stereocenters. The van der Waals surface area contributed by atoms with Crippen LogP contribution in [-0.2, 0) is 0 Å². The molecule has 0 aromatic heterocycles. The van der Waals surface area contributed by atoms with Gasteiger partial charge in [0.05, 0.1) is 17.4 Å². The molecular weight excluding hydrogens is 387 g/mol. The molecule has 1 unspecified atom stereocenters. The van der Waals surface area contributed by atoms with Crippen molar-refractivity contribution in [1.82, 2.24) is 0 Å². The molecular formula is C21H15Cl3N2. The number of rotatable bonds is 3. The normalized spacial score (nSPS) is 16.7. The van der Waals surface area contributed by atoms with Gasteiger partial charge in [0, 0.05) is 27.1 Å². The molecule has 3 aromatic rings. The quantitative estimate of drug-likeness (QED) is 0.461. The Morgan fingerprint density at radius 3 is 2.04 bits per heavy atom. The summed E-state index contributed by atoms with van der Waals surface area (Å²) in [5.74, 6) is 0. The highest BCUT2D eigenvalue weighted by Gasteiger charge is 2.30. The van der Waals surface area contributed by atoms with Crippen molar-refractivity contribution in [3.05, 3.63) is 99.0 Å². The van der Waals surface area contributed by atoms with Crippen LogP contribution in [0.1, 0.15) is 23.6 Å². The third-order valence-electron chi connectivity index (χ3n) is 4.44. The van der Waals surface area contributed by atoms with Crippen molar-refractivity contribution in [1.29, 1.82) is 0 Å². The van der Waals surface area contributed by atoms with Crippen LogP contribution in [-0.4, -0.2) is 5.71 Å². The molecule has 4 rings (SSSR count). The van der Waals surface area contributed by atoms with E-state index in [0.29, 0.717) is 10.0 Å². The van der Waals surface area contributed by atoms with Crippen LogP contribution in [0, 0.1) is 0 Å². The highest BCUT2D eigenvalue weighted by molar-refractivity contribution is 6.34. The van der Waals surface area contributed by atoms with Gasteiger partial charge in [0.2, 0.25) is 0 Å². The molecule has 0 bridgehead atoms. The summed E-state index contributed by atoms with van der Waals surface area (Å²) in [6.07, 6.45) is 0.758. The molecule has 1 heterocycles. The van der Waals surface area contributed by atoms with Crippen LogP contribution in [0.4, 0.5) is 5.69 Å². The van der Waals surface area contributed by atoms with Crippen molar-refractivity contribution in [3.8, 4) is 0 Å². The third-order valence-corrected chi connectivity index (χ3v) is 5.27. The fourth-order valence-electron chi connectivity index (χ4n) is 3.14. The Morgan fingerprint density at radius 1 is 0.769 bits per heavy atom. The van der Waals surface area contributed by atoms with Crippen LogP contribution in [0.3, 0.4) is 0 Å². The zero-order valence-electron chi connectivity index (χ0n) is 13.7. The Labute approximate surface area is 167 Å². The lowest BCUT2D eigenvalue weighted by Crippen LogP contribution is -2.18. The second kappa shape index (κ2) is 7.32. The summed E-state index contributed by atoms with van der Waals surface area (Å²) in [7, 11) is 0. The van der Waals surface area contributed by atoms with Gasteiger partial charge in [-0.05, 0) is 48.0 Å². The van der Waals surface area contributed by atoms with Crippen LogP contribution in [0.25, 0.3) is 0 Å². The number of hydrogen-bond donors (Lipinski definition) is 0. The number of halogens is 3. The Hall–Kier alpha value is -2.00. The van der Waals surface area contributed by atoms with Gasteiger partial charge in [-0.15, -0.1) is 0 Å². The predicted molar refractivity (Wildman–Crippen MR) is 111 cm³/mol. The number of anilines is 1. The van der Waals surface area contributed by atoms with Gasteiger partial charge in [-0.25, -0.2) is 0 Å². The molecule has 2 nitrogen and oxygen atoms in total. The summed E-state index contributed by atoms with van der Waals surface area (Å²) in [5.41, 5.74) is 4.06. The molecule has 0 N–H and O–H groups in total. The lowest BCUT2D eigenvalue weighted by Gasteiger charge is -2.24. The largest absolute Gasteiger partial charge is 0.257 e. The van der Waals surface area contributed by atoms with E-state index in [1.54, 1.807) is 0 Å². The average molecular weight is 402 g/mol. The van der Waals surface area contributed by atoms with Crippen LogP contribution in [0.5, 0.6) is 0 Å². The lowest BCUT2D eigenvalue weighted by molar-refractivity contribution is 0.709. The minimum absolute atomic E-state index is 0.0692. The number of hydrazone groups is 1. The van der Waals surface area contributed by atoms with Crippen LogP contribution < -0.4 is 5.01 Å². The standard InChI is InChI=1S/C21H15Cl3N2/c22-15-7-5-14(6-8-15)21-13-20(18-3-1-2-4-19(18)24)25-26(21)17-11-9-16(23)10-12-17/h1-12,21H,13H2. The monoisotopic (exact) mass is 400 g/mol. The summed E-state index contributed by atoms with van der Waals surface area (Å²) in [4.78, 5) is 0. The van der Waals surface area contributed by atoms with E-state index in [9.17, 15) is 0 Å². The van der Waals surface area contributed by atoms with Crippen molar-refractivity contribution in [2.75, 3.05) is 5.01 Å². The lowest BCUT2D eigenvalue weighted by atomic mass is 9.98. The first kappa shape index (κ1) is 17.4. The molecule has 0 amide bonds. The molecule has 0 spiro atoms. The van der Waals surface area contributed by atoms with Crippen molar-refractivity contribution in [3.63, 3.8) is 0 Å². The molecule has 130 valence electrons. The zero-order valence-corrected chi connectivity index (χ0v) is 16.0. The maximum atomic E-state index is 6.40. The first-order valence-corrected chi connectivity index (χ1v) is 9.38. The highest BCUT2D eigenvalue weighted by Crippen LogP contribution is 2.38. The van der Waals surface area contributed by atoms with Crippen LogP contribution in [0.2, 0.25) is 15.1 Å². The smallest absolute Gasteiger partial charge is 0.0831 e. The minimum atomic E-state index is 0.0692. The first-order valence-electron chi connectivity index (χ1n) is 8.24. The molecule has 0 radical (unpaired) electrons. The fourth-order valence-corrected chi connectivity index (χ4v) is 3.64. The summed E-state index contributed by atoms with van der Waals surface area (Å²) in [5, 5.41) is 9.04. The van der Waals surface area contributed by atoms with Crippen LogP contribution >= 0.6 is 34.8 Å². The zero-order chi connectivity index (χ0) is 18.1. The number of benzene rings is 3. The minimum Gasteiger partial charge on any atom is -0.257 e.